The molecule has 2 aromatic carbocycles. The van der Waals surface area contributed by atoms with Crippen LogP contribution in [0.4, 0.5) is 0 Å². The quantitative estimate of drug-likeness (QED) is 0.651. The van der Waals surface area contributed by atoms with E-state index in [4.69, 9.17) is 10.5 Å². The minimum Gasteiger partial charge on any atom is -0.490 e. The van der Waals surface area contributed by atoms with Crippen LogP contribution < -0.4 is 10.5 Å². The maximum atomic E-state index is 13.2. The number of likely N-dealkylation sites (tertiary alicyclic amines) is 1. The van der Waals surface area contributed by atoms with Crippen LogP contribution in [0.3, 0.4) is 0 Å². The van der Waals surface area contributed by atoms with E-state index in [9.17, 15) is 15.0 Å². The number of ether oxygens (including phenoxy) is 1. The first-order valence-corrected chi connectivity index (χ1v) is 12.2. The molecule has 6 heteroatoms. The molecule has 3 aliphatic carbocycles. The standard InChI is InChI=1S/C27H34N2O4/c28-16-17-3-1-4-19(13-17)18-9-11-29(12-10-18)27(32)21-5-2-6-22(14-21)33-24-15-20-7-8-23(24)26(31)25(20)30/h1-6,13-14,18,20,23-26,30-31H,7-12,15-16,28H2. The molecule has 0 radical (unpaired) electrons. The van der Waals surface area contributed by atoms with E-state index in [-0.39, 0.29) is 23.8 Å². The molecule has 4 aliphatic rings. The Morgan fingerprint density at radius 3 is 2.55 bits per heavy atom. The number of aliphatic hydroxyl groups excluding tert-OH is 2. The summed E-state index contributed by atoms with van der Waals surface area (Å²) in [6.07, 6.45) is 2.97. The lowest BCUT2D eigenvalue weighted by Gasteiger charge is -2.48. The number of rotatable bonds is 5. The number of nitrogens with zero attached hydrogens (tertiary/aromatic N) is 1. The minimum absolute atomic E-state index is 0.0373. The van der Waals surface area contributed by atoms with E-state index in [1.807, 2.05) is 29.2 Å². The summed E-state index contributed by atoms with van der Waals surface area (Å²) >= 11 is 0. The van der Waals surface area contributed by atoms with E-state index >= 15 is 0 Å². The summed E-state index contributed by atoms with van der Waals surface area (Å²) in [6, 6.07) is 15.9. The zero-order valence-corrected chi connectivity index (χ0v) is 19.0. The van der Waals surface area contributed by atoms with Gasteiger partial charge in [-0.1, -0.05) is 30.3 Å². The van der Waals surface area contributed by atoms with Crippen molar-refractivity contribution in [2.24, 2.45) is 17.6 Å². The number of benzene rings is 2. The molecule has 0 aromatic heterocycles. The first-order chi connectivity index (χ1) is 16.0. The van der Waals surface area contributed by atoms with Crippen molar-refractivity contribution in [3.05, 3.63) is 65.2 Å². The van der Waals surface area contributed by atoms with Gasteiger partial charge >= 0.3 is 0 Å². The van der Waals surface area contributed by atoms with Crippen LogP contribution in [-0.2, 0) is 6.54 Å². The lowest BCUT2D eigenvalue weighted by atomic mass is 9.65. The first kappa shape index (κ1) is 22.4. The molecule has 33 heavy (non-hydrogen) atoms. The summed E-state index contributed by atoms with van der Waals surface area (Å²) in [7, 11) is 0. The van der Waals surface area contributed by atoms with Crippen LogP contribution in [0, 0.1) is 11.8 Å². The normalized spacial score (nSPS) is 29.8. The lowest BCUT2D eigenvalue weighted by Crippen LogP contribution is -2.55. The zero-order chi connectivity index (χ0) is 22.9. The lowest BCUT2D eigenvalue weighted by molar-refractivity contribution is -0.148. The molecule has 6 nitrogen and oxygen atoms in total. The van der Waals surface area contributed by atoms with E-state index in [1.165, 1.54) is 5.56 Å². The number of carbonyl (C=O) groups is 1. The molecule has 4 fully saturated rings. The predicted octanol–water partition coefficient (Wildman–Crippen LogP) is 3.06. The Kier molecular flexibility index (Phi) is 6.41. The Balaban J connectivity index is 1.21. The van der Waals surface area contributed by atoms with Gasteiger partial charge in [-0.3, -0.25) is 4.79 Å². The molecule has 1 aliphatic heterocycles. The summed E-state index contributed by atoms with van der Waals surface area (Å²) in [5.41, 5.74) is 8.89. The van der Waals surface area contributed by atoms with Crippen molar-refractivity contribution >= 4 is 5.91 Å². The number of hydrogen-bond acceptors (Lipinski definition) is 5. The van der Waals surface area contributed by atoms with Gasteiger partial charge in [0.25, 0.3) is 5.91 Å². The Hall–Kier alpha value is -2.41. The smallest absolute Gasteiger partial charge is 0.253 e. The van der Waals surface area contributed by atoms with Gasteiger partial charge in [-0.25, -0.2) is 0 Å². The van der Waals surface area contributed by atoms with Gasteiger partial charge in [0.05, 0.1) is 12.2 Å². The zero-order valence-electron chi connectivity index (χ0n) is 19.0. The number of amides is 1. The average molecular weight is 451 g/mol. The third-order valence-corrected chi connectivity index (χ3v) is 7.96. The van der Waals surface area contributed by atoms with Crippen molar-refractivity contribution in [3.8, 4) is 5.75 Å². The number of nitrogens with two attached hydrogens (primary N) is 1. The van der Waals surface area contributed by atoms with Crippen molar-refractivity contribution in [3.63, 3.8) is 0 Å². The maximum Gasteiger partial charge on any atom is 0.253 e. The van der Waals surface area contributed by atoms with E-state index in [2.05, 4.69) is 24.3 Å². The molecule has 3 saturated carbocycles. The van der Waals surface area contributed by atoms with Gasteiger partial charge in [-0.2, -0.15) is 0 Å². The van der Waals surface area contributed by atoms with Crippen LogP contribution in [0.15, 0.2) is 48.5 Å². The second-order valence-corrected chi connectivity index (χ2v) is 9.92. The number of hydrogen-bond donors (Lipinski definition) is 3. The van der Waals surface area contributed by atoms with Crippen molar-refractivity contribution in [1.29, 1.82) is 0 Å². The third kappa shape index (κ3) is 4.52. The molecule has 4 N–H and O–H groups in total. The molecule has 2 aromatic rings. The molecular formula is C27H34N2O4. The molecule has 2 bridgehead atoms. The Morgan fingerprint density at radius 2 is 1.79 bits per heavy atom. The van der Waals surface area contributed by atoms with Gasteiger partial charge in [0.1, 0.15) is 11.9 Å². The van der Waals surface area contributed by atoms with Gasteiger partial charge in [0, 0.05) is 31.1 Å². The van der Waals surface area contributed by atoms with Crippen molar-refractivity contribution in [1.82, 2.24) is 4.90 Å². The molecule has 1 saturated heterocycles. The molecule has 1 heterocycles. The fraction of sp³-hybridized carbons (Fsp3) is 0.519. The highest BCUT2D eigenvalue weighted by Crippen LogP contribution is 2.43. The van der Waals surface area contributed by atoms with Crippen LogP contribution >= 0.6 is 0 Å². The highest BCUT2D eigenvalue weighted by atomic mass is 16.5. The van der Waals surface area contributed by atoms with Gasteiger partial charge in [-0.05, 0) is 73.3 Å². The van der Waals surface area contributed by atoms with Gasteiger partial charge in [-0.15, -0.1) is 0 Å². The van der Waals surface area contributed by atoms with Gasteiger partial charge < -0.3 is 25.6 Å². The summed E-state index contributed by atoms with van der Waals surface area (Å²) in [5, 5.41) is 20.5. The van der Waals surface area contributed by atoms with E-state index < -0.39 is 12.2 Å². The fourth-order valence-corrected chi connectivity index (χ4v) is 6.00. The van der Waals surface area contributed by atoms with Gasteiger partial charge in [0.15, 0.2) is 0 Å². The molecule has 0 spiro atoms. The Bertz CT molecular complexity index is 986. The minimum atomic E-state index is -0.723. The second-order valence-electron chi connectivity index (χ2n) is 9.92. The molecule has 5 unspecified atom stereocenters. The van der Waals surface area contributed by atoms with Crippen LogP contribution in [0.1, 0.15) is 59.5 Å². The second kappa shape index (κ2) is 9.45. The monoisotopic (exact) mass is 450 g/mol. The first-order valence-electron chi connectivity index (χ1n) is 12.2. The van der Waals surface area contributed by atoms with Crippen LogP contribution in [-0.4, -0.2) is 52.4 Å². The number of piperidine rings is 1. The van der Waals surface area contributed by atoms with Gasteiger partial charge in [0.2, 0.25) is 0 Å². The highest BCUT2D eigenvalue weighted by Gasteiger charge is 2.48. The third-order valence-electron chi connectivity index (χ3n) is 7.96. The SMILES string of the molecule is NCc1cccc(C2CCN(C(=O)c3cccc(OC4CC5CCC4C(O)C5O)c3)CC2)c1. The van der Waals surface area contributed by atoms with Crippen molar-refractivity contribution in [2.75, 3.05) is 13.1 Å². The fourth-order valence-electron chi connectivity index (χ4n) is 6.00. The predicted molar refractivity (Wildman–Crippen MR) is 126 cm³/mol. The summed E-state index contributed by atoms with van der Waals surface area (Å²) < 4.78 is 6.23. The summed E-state index contributed by atoms with van der Waals surface area (Å²) in [6.45, 7) is 2.02. The van der Waals surface area contributed by atoms with Crippen molar-refractivity contribution < 1.29 is 19.7 Å². The number of fused-ring (bicyclic) bond motifs is 3. The molecule has 6 rings (SSSR count). The molecule has 1 amide bonds. The number of carbonyl (C=O) groups excluding carboxylic acids is 1. The number of aliphatic hydroxyl groups is 2. The highest BCUT2D eigenvalue weighted by molar-refractivity contribution is 5.94. The van der Waals surface area contributed by atoms with Crippen molar-refractivity contribution in [2.45, 2.75) is 62.9 Å². The van der Waals surface area contributed by atoms with E-state index in [0.717, 1.165) is 50.8 Å². The topological polar surface area (TPSA) is 96.0 Å². The Morgan fingerprint density at radius 1 is 1.00 bits per heavy atom. The van der Waals surface area contributed by atoms with E-state index in [0.29, 0.717) is 23.8 Å². The van der Waals surface area contributed by atoms with Crippen LogP contribution in [0.5, 0.6) is 5.75 Å². The van der Waals surface area contributed by atoms with Crippen LogP contribution in [0.25, 0.3) is 0 Å². The average Bonchev–Trinajstić information content (AvgIpc) is 2.87. The molecule has 5 atom stereocenters. The largest absolute Gasteiger partial charge is 0.490 e. The molecular weight excluding hydrogens is 416 g/mol. The Labute approximate surface area is 195 Å². The summed E-state index contributed by atoms with van der Waals surface area (Å²) in [5.74, 6) is 1.19. The molecule has 176 valence electrons. The van der Waals surface area contributed by atoms with Crippen LogP contribution in [0.2, 0.25) is 0 Å². The maximum absolute atomic E-state index is 13.2. The van der Waals surface area contributed by atoms with E-state index in [1.54, 1.807) is 0 Å². The summed E-state index contributed by atoms with van der Waals surface area (Å²) in [4.78, 5) is 15.1.